The van der Waals surface area contributed by atoms with Gasteiger partial charge in [-0.15, -0.1) is 0 Å². The average Bonchev–Trinajstić information content (AvgIpc) is 2.86. The van der Waals surface area contributed by atoms with Crippen molar-refractivity contribution >= 4 is 11.6 Å². The average molecular weight is 254 g/mol. The second-order valence-corrected chi connectivity index (χ2v) is 3.68. The van der Waals surface area contributed by atoms with Crippen LogP contribution in [0.4, 0.5) is 20.4 Å². The van der Waals surface area contributed by atoms with Crippen molar-refractivity contribution in [2.45, 2.75) is 13.0 Å². The van der Waals surface area contributed by atoms with Gasteiger partial charge < -0.3 is 15.2 Å². The van der Waals surface area contributed by atoms with Gasteiger partial charge in [-0.3, -0.25) is 0 Å². The minimum absolute atomic E-state index is 0.103. The van der Waals surface area contributed by atoms with E-state index in [1.807, 2.05) is 0 Å². The van der Waals surface area contributed by atoms with Crippen molar-refractivity contribution in [2.75, 3.05) is 10.7 Å². The molecule has 0 aliphatic carbocycles. The summed E-state index contributed by atoms with van der Waals surface area (Å²) in [5.41, 5.74) is 2.05. The first-order chi connectivity index (χ1) is 8.61. The molecule has 1 atom stereocenters. The van der Waals surface area contributed by atoms with Crippen LogP contribution in [0, 0.1) is 11.6 Å². The quantitative estimate of drug-likeness (QED) is 0.577. The molecule has 0 aliphatic heterocycles. The van der Waals surface area contributed by atoms with Crippen LogP contribution in [-0.2, 0) is 0 Å². The van der Waals surface area contributed by atoms with E-state index in [-0.39, 0.29) is 17.7 Å². The van der Waals surface area contributed by atoms with Crippen LogP contribution in [0.3, 0.4) is 0 Å². The van der Waals surface area contributed by atoms with E-state index in [1.54, 1.807) is 19.1 Å². The summed E-state index contributed by atoms with van der Waals surface area (Å²) in [7, 11) is 0. The molecule has 2 heterocycles. The number of halogens is 2. The number of nitrogen functional groups attached to an aromatic ring is 1. The van der Waals surface area contributed by atoms with Gasteiger partial charge >= 0.3 is 0 Å². The number of rotatable bonds is 4. The summed E-state index contributed by atoms with van der Waals surface area (Å²) in [6.45, 7) is 1.76. The first-order valence-corrected chi connectivity index (χ1v) is 5.24. The standard InChI is InChI=1S/C11H12F2N4O/c1-6(9-3-2-4-18-9)15-10-7(12)5-8(13)11(16-10)17-14/h2-6H,14H2,1H3,(H2,15,16,17). The largest absolute Gasteiger partial charge is 0.467 e. The van der Waals surface area contributed by atoms with Gasteiger partial charge in [0, 0.05) is 6.07 Å². The van der Waals surface area contributed by atoms with Crippen molar-refractivity contribution in [3.8, 4) is 0 Å². The van der Waals surface area contributed by atoms with E-state index < -0.39 is 11.6 Å². The van der Waals surface area contributed by atoms with Crippen LogP contribution < -0.4 is 16.6 Å². The fraction of sp³-hybridized carbons (Fsp3) is 0.182. The van der Waals surface area contributed by atoms with E-state index in [4.69, 9.17) is 10.3 Å². The topological polar surface area (TPSA) is 76.1 Å². The van der Waals surface area contributed by atoms with Gasteiger partial charge in [-0.25, -0.2) is 19.6 Å². The van der Waals surface area contributed by atoms with E-state index in [9.17, 15) is 8.78 Å². The summed E-state index contributed by atoms with van der Waals surface area (Å²) >= 11 is 0. The molecule has 2 aromatic rings. The number of hydrazine groups is 1. The number of nitrogens with one attached hydrogen (secondary N) is 2. The number of hydrogen-bond acceptors (Lipinski definition) is 5. The molecular weight excluding hydrogens is 242 g/mol. The molecule has 0 amide bonds. The summed E-state index contributed by atoms with van der Waals surface area (Å²) in [6.07, 6.45) is 1.51. The van der Waals surface area contributed by atoms with Gasteiger partial charge in [-0.05, 0) is 19.1 Å². The van der Waals surface area contributed by atoms with Crippen molar-refractivity contribution in [3.63, 3.8) is 0 Å². The molecule has 5 nitrogen and oxygen atoms in total. The maximum atomic E-state index is 13.5. The summed E-state index contributed by atoms with van der Waals surface area (Å²) in [5, 5.41) is 2.77. The van der Waals surface area contributed by atoms with Crippen LogP contribution in [0.25, 0.3) is 0 Å². The molecular formula is C11H12F2N4O. The summed E-state index contributed by atoms with van der Waals surface area (Å²) < 4.78 is 31.8. The van der Waals surface area contributed by atoms with Gasteiger partial charge in [0.1, 0.15) is 5.76 Å². The van der Waals surface area contributed by atoms with Gasteiger partial charge in [-0.1, -0.05) is 0 Å². The molecule has 0 spiro atoms. The Hall–Kier alpha value is -2.15. The van der Waals surface area contributed by atoms with Crippen molar-refractivity contribution in [1.82, 2.24) is 4.98 Å². The third-order valence-corrected chi connectivity index (χ3v) is 2.39. The number of nitrogens with zero attached hydrogens (tertiary/aromatic N) is 1. The Morgan fingerprint density at radius 1 is 1.33 bits per heavy atom. The Bertz CT molecular complexity index is 530. The Kier molecular flexibility index (Phi) is 3.42. The lowest BCUT2D eigenvalue weighted by Gasteiger charge is -2.13. The van der Waals surface area contributed by atoms with Crippen LogP contribution in [0.1, 0.15) is 18.7 Å². The Morgan fingerprint density at radius 3 is 2.67 bits per heavy atom. The van der Waals surface area contributed by atoms with Gasteiger partial charge in [0.25, 0.3) is 0 Å². The number of pyridine rings is 1. The highest BCUT2D eigenvalue weighted by Crippen LogP contribution is 2.23. The third-order valence-electron chi connectivity index (χ3n) is 2.39. The molecule has 1 unspecified atom stereocenters. The van der Waals surface area contributed by atoms with Gasteiger partial charge in [-0.2, -0.15) is 0 Å². The maximum Gasteiger partial charge on any atom is 0.178 e. The van der Waals surface area contributed by atoms with Gasteiger partial charge in [0.2, 0.25) is 0 Å². The highest BCUT2D eigenvalue weighted by molar-refractivity contribution is 5.47. The molecule has 96 valence electrons. The van der Waals surface area contributed by atoms with Crippen molar-refractivity contribution in [1.29, 1.82) is 0 Å². The lowest BCUT2D eigenvalue weighted by molar-refractivity contribution is 0.488. The second-order valence-electron chi connectivity index (χ2n) is 3.68. The smallest absolute Gasteiger partial charge is 0.178 e. The lowest BCUT2D eigenvalue weighted by Crippen LogP contribution is -2.14. The molecule has 2 rings (SSSR count). The van der Waals surface area contributed by atoms with Gasteiger partial charge in [0.05, 0.1) is 12.3 Å². The Morgan fingerprint density at radius 2 is 2.06 bits per heavy atom. The molecule has 4 N–H and O–H groups in total. The number of anilines is 2. The normalized spacial score (nSPS) is 12.2. The summed E-state index contributed by atoms with van der Waals surface area (Å²) in [5.74, 6) is 3.70. The monoisotopic (exact) mass is 254 g/mol. The number of hydrogen-bond donors (Lipinski definition) is 3. The first-order valence-electron chi connectivity index (χ1n) is 5.24. The van der Waals surface area contributed by atoms with E-state index in [2.05, 4.69) is 15.7 Å². The van der Waals surface area contributed by atoms with Crippen LogP contribution >= 0.6 is 0 Å². The first kappa shape index (κ1) is 12.3. The van der Waals surface area contributed by atoms with E-state index in [1.165, 1.54) is 6.26 Å². The van der Waals surface area contributed by atoms with E-state index >= 15 is 0 Å². The molecule has 18 heavy (non-hydrogen) atoms. The Balaban J connectivity index is 2.23. The third kappa shape index (κ3) is 2.40. The molecule has 0 radical (unpaired) electrons. The van der Waals surface area contributed by atoms with E-state index in [0.29, 0.717) is 11.8 Å². The van der Waals surface area contributed by atoms with Crippen LogP contribution in [0.15, 0.2) is 28.9 Å². The number of nitrogens with two attached hydrogens (primary N) is 1. The zero-order valence-electron chi connectivity index (χ0n) is 9.58. The second kappa shape index (κ2) is 5.01. The minimum Gasteiger partial charge on any atom is -0.467 e. The minimum atomic E-state index is -0.855. The van der Waals surface area contributed by atoms with E-state index in [0.717, 1.165) is 0 Å². The highest BCUT2D eigenvalue weighted by Gasteiger charge is 2.15. The molecule has 0 aromatic carbocycles. The molecule has 7 heteroatoms. The zero-order valence-corrected chi connectivity index (χ0v) is 9.58. The van der Waals surface area contributed by atoms with Crippen molar-refractivity contribution in [3.05, 3.63) is 41.9 Å². The molecule has 2 aromatic heterocycles. The van der Waals surface area contributed by atoms with Crippen molar-refractivity contribution in [2.24, 2.45) is 5.84 Å². The fourth-order valence-electron chi connectivity index (χ4n) is 1.48. The summed E-state index contributed by atoms with van der Waals surface area (Å²) in [4.78, 5) is 3.70. The molecule has 0 aliphatic rings. The molecule has 0 saturated carbocycles. The highest BCUT2D eigenvalue weighted by atomic mass is 19.1. The van der Waals surface area contributed by atoms with Crippen LogP contribution in [0.5, 0.6) is 0 Å². The fourth-order valence-corrected chi connectivity index (χ4v) is 1.48. The molecule has 0 saturated heterocycles. The lowest BCUT2D eigenvalue weighted by atomic mass is 10.2. The van der Waals surface area contributed by atoms with Crippen molar-refractivity contribution < 1.29 is 13.2 Å². The SMILES string of the molecule is CC(Nc1nc(NN)c(F)cc1F)c1ccco1. The predicted molar refractivity (Wildman–Crippen MR) is 62.7 cm³/mol. The number of furan rings is 1. The van der Waals surface area contributed by atoms with Crippen LogP contribution in [0.2, 0.25) is 0 Å². The molecule has 0 bridgehead atoms. The number of aromatic nitrogens is 1. The predicted octanol–water partition coefficient (Wildman–Crippen LogP) is 2.41. The molecule has 0 fully saturated rings. The Labute approximate surface area is 102 Å². The van der Waals surface area contributed by atoms with Crippen LogP contribution in [-0.4, -0.2) is 4.98 Å². The van der Waals surface area contributed by atoms with Gasteiger partial charge in [0.15, 0.2) is 23.3 Å². The summed E-state index contributed by atoms with van der Waals surface area (Å²) in [6, 6.07) is 3.85. The maximum absolute atomic E-state index is 13.5. The zero-order chi connectivity index (χ0) is 13.1.